The van der Waals surface area contributed by atoms with Crippen molar-refractivity contribution in [1.29, 1.82) is 0 Å². The van der Waals surface area contributed by atoms with Gasteiger partial charge in [0.15, 0.2) is 0 Å². The van der Waals surface area contributed by atoms with Crippen LogP contribution >= 0.6 is 0 Å². The first kappa shape index (κ1) is 24.7. The molecule has 0 spiro atoms. The van der Waals surface area contributed by atoms with Crippen LogP contribution in [-0.2, 0) is 19.1 Å². The minimum atomic E-state index is -1.79. The highest BCUT2D eigenvalue weighted by atomic mass is 16.6. The zero-order chi connectivity index (χ0) is 25.2. The fraction of sp³-hybridized carbons (Fsp3) is 0.444. The Morgan fingerprint density at radius 1 is 1.00 bits per heavy atom. The number of fused-ring (bicyclic) bond motifs is 3. The van der Waals surface area contributed by atoms with Gasteiger partial charge in [-0.3, -0.25) is 4.90 Å². The summed E-state index contributed by atoms with van der Waals surface area (Å²) in [4.78, 5) is 39.7. The van der Waals surface area contributed by atoms with Crippen LogP contribution in [0, 0.1) is 0 Å². The normalized spacial score (nSPS) is 16.7. The fourth-order valence-electron chi connectivity index (χ4n) is 4.88. The van der Waals surface area contributed by atoms with Crippen LogP contribution < -0.4 is 5.32 Å². The van der Waals surface area contributed by atoms with E-state index in [0.29, 0.717) is 25.9 Å². The van der Waals surface area contributed by atoms with Crippen LogP contribution in [0.5, 0.6) is 0 Å². The summed E-state index contributed by atoms with van der Waals surface area (Å²) in [7, 11) is 0. The second-order valence-corrected chi connectivity index (χ2v) is 9.97. The summed E-state index contributed by atoms with van der Waals surface area (Å²) in [6, 6.07) is 13.6. The van der Waals surface area contributed by atoms with Gasteiger partial charge in [-0.25, -0.2) is 14.4 Å². The molecule has 1 heterocycles. The van der Waals surface area contributed by atoms with Crippen molar-refractivity contribution < 1.29 is 29.0 Å². The van der Waals surface area contributed by atoms with Gasteiger partial charge in [-0.1, -0.05) is 48.5 Å². The summed E-state index contributed by atoms with van der Waals surface area (Å²) < 4.78 is 11.1. The van der Waals surface area contributed by atoms with Gasteiger partial charge < -0.3 is 19.9 Å². The average molecular weight is 481 g/mol. The summed E-state index contributed by atoms with van der Waals surface area (Å²) in [5.41, 5.74) is 3.35. The molecule has 1 aliphatic carbocycles. The second-order valence-electron chi connectivity index (χ2n) is 9.97. The summed E-state index contributed by atoms with van der Waals surface area (Å²) in [5.74, 6) is -2.62. The van der Waals surface area contributed by atoms with Crippen LogP contribution in [0.4, 0.5) is 4.79 Å². The van der Waals surface area contributed by atoms with E-state index < -0.39 is 35.7 Å². The monoisotopic (exact) mass is 480 g/mol. The molecule has 1 amide bonds. The number of rotatable bonds is 6. The van der Waals surface area contributed by atoms with Gasteiger partial charge in [-0.05, 0) is 69.0 Å². The third-order valence-electron chi connectivity index (χ3n) is 6.40. The first-order chi connectivity index (χ1) is 16.7. The van der Waals surface area contributed by atoms with Crippen LogP contribution in [0.2, 0.25) is 0 Å². The van der Waals surface area contributed by atoms with Crippen molar-refractivity contribution in [3.05, 3.63) is 59.7 Å². The molecule has 0 unspecified atom stereocenters. The highest BCUT2D eigenvalue weighted by Crippen LogP contribution is 2.44. The van der Waals surface area contributed by atoms with Crippen molar-refractivity contribution in [3.63, 3.8) is 0 Å². The summed E-state index contributed by atoms with van der Waals surface area (Å²) in [6.07, 6.45) is 0.199. The zero-order valence-electron chi connectivity index (χ0n) is 20.3. The number of carbonyl (C=O) groups excluding carboxylic acids is 2. The quantitative estimate of drug-likeness (QED) is 0.479. The third kappa shape index (κ3) is 5.32. The lowest BCUT2D eigenvalue weighted by Gasteiger charge is -2.38. The van der Waals surface area contributed by atoms with E-state index in [2.05, 4.69) is 5.32 Å². The van der Waals surface area contributed by atoms with Crippen molar-refractivity contribution in [1.82, 2.24) is 10.2 Å². The van der Waals surface area contributed by atoms with Crippen LogP contribution in [-0.4, -0.2) is 65.4 Å². The molecular formula is C27H32N2O6. The van der Waals surface area contributed by atoms with Crippen LogP contribution in [0.25, 0.3) is 11.1 Å². The number of esters is 1. The van der Waals surface area contributed by atoms with E-state index >= 15 is 0 Å². The van der Waals surface area contributed by atoms with E-state index in [4.69, 9.17) is 9.47 Å². The lowest BCUT2D eigenvalue weighted by atomic mass is 9.98. The molecular weight excluding hydrogens is 448 g/mol. The van der Waals surface area contributed by atoms with Gasteiger partial charge in [0.1, 0.15) is 12.2 Å². The Hall–Kier alpha value is -3.39. The number of hydrogen-bond acceptors (Lipinski definition) is 6. The Balaban J connectivity index is 1.58. The van der Waals surface area contributed by atoms with Gasteiger partial charge in [0.05, 0.1) is 0 Å². The average Bonchev–Trinajstić information content (AvgIpc) is 3.14. The molecule has 8 nitrogen and oxygen atoms in total. The predicted octanol–water partition coefficient (Wildman–Crippen LogP) is 3.78. The summed E-state index contributed by atoms with van der Waals surface area (Å²) in [6.45, 7) is 6.31. The van der Waals surface area contributed by atoms with Crippen molar-refractivity contribution >= 4 is 18.0 Å². The van der Waals surface area contributed by atoms with E-state index in [-0.39, 0.29) is 12.5 Å². The second kappa shape index (κ2) is 10.1. The lowest BCUT2D eigenvalue weighted by Crippen LogP contribution is -2.58. The van der Waals surface area contributed by atoms with Crippen molar-refractivity contribution in [3.8, 4) is 11.1 Å². The smallest absolute Gasteiger partial charge is 0.411 e. The van der Waals surface area contributed by atoms with E-state index in [0.717, 1.165) is 27.2 Å². The van der Waals surface area contributed by atoms with Crippen LogP contribution in [0.3, 0.4) is 0 Å². The number of ether oxygens (including phenoxy) is 2. The molecule has 186 valence electrons. The van der Waals surface area contributed by atoms with Crippen LogP contribution in [0.1, 0.15) is 50.7 Å². The lowest BCUT2D eigenvalue weighted by molar-refractivity contribution is -0.162. The number of carbonyl (C=O) groups is 3. The maximum Gasteiger partial charge on any atom is 0.411 e. The Morgan fingerprint density at radius 2 is 1.54 bits per heavy atom. The number of piperidine rings is 1. The number of nitrogens with zero attached hydrogens (tertiary/aromatic N) is 1. The molecule has 0 bridgehead atoms. The van der Waals surface area contributed by atoms with Gasteiger partial charge in [0.25, 0.3) is 0 Å². The van der Waals surface area contributed by atoms with Crippen LogP contribution in [0.15, 0.2) is 48.5 Å². The fourth-order valence-corrected chi connectivity index (χ4v) is 4.88. The molecule has 2 N–H and O–H groups in total. The number of aliphatic carboxylic acids is 1. The van der Waals surface area contributed by atoms with Crippen molar-refractivity contribution in [2.75, 3.05) is 19.7 Å². The maximum absolute atomic E-state index is 13.3. The standard InChI is InChI=1S/C27H32N2O6/c1-27(2,3)35-26(33)29(17-12-14-28-15-13-17)23(24(30)31)25(32)34-16-22-20-10-6-4-8-18(20)19-9-5-7-11-21(19)22/h4-11,17,22-23,28H,12-16H2,1-3H3,(H,30,31)/t23-/m0/s1. The molecule has 1 saturated heterocycles. The SMILES string of the molecule is CC(C)(C)OC(=O)N(C1CCNCC1)[C@@H](C(=O)O)C(=O)OCC1c2ccccc2-c2ccccc21. The highest BCUT2D eigenvalue weighted by molar-refractivity contribution is 6.01. The van der Waals surface area contributed by atoms with E-state index in [1.165, 1.54) is 0 Å². The Kier molecular flexibility index (Phi) is 7.12. The largest absolute Gasteiger partial charge is 0.479 e. The molecule has 35 heavy (non-hydrogen) atoms. The molecule has 2 aromatic carbocycles. The molecule has 1 atom stereocenters. The molecule has 4 rings (SSSR count). The first-order valence-electron chi connectivity index (χ1n) is 12.0. The summed E-state index contributed by atoms with van der Waals surface area (Å²) in [5, 5.41) is 13.2. The Bertz CT molecular complexity index is 1060. The number of carboxylic acid groups (broad SMARTS) is 1. The molecule has 2 aliphatic rings. The molecule has 1 fully saturated rings. The highest BCUT2D eigenvalue weighted by Gasteiger charge is 2.44. The van der Waals surface area contributed by atoms with Gasteiger partial charge in [0, 0.05) is 12.0 Å². The number of nitrogens with one attached hydrogen (secondary N) is 1. The molecule has 0 saturated carbocycles. The van der Waals surface area contributed by atoms with E-state index in [1.807, 2.05) is 48.5 Å². The number of hydrogen-bond donors (Lipinski definition) is 2. The minimum Gasteiger partial charge on any atom is -0.479 e. The van der Waals surface area contributed by atoms with Gasteiger partial charge in [-0.15, -0.1) is 0 Å². The summed E-state index contributed by atoms with van der Waals surface area (Å²) >= 11 is 0. The van der Waals surface area contributed by atoms with Crippen molar-refractivity contribution in [2.24, 2.45) is 0 Å². The van der Waals surface area contributed by atoms with Crippen molar-refractivity contribution in [2.45, 2.75) is 57.2 Å². The topological polar surface area (TPSA) is 105 Å². The minimum absolute atomic E-state index is 0.0228. The van der Waals surface area contributed by atoms with Gasteiger partial charge >= 0.3 is 18.0 Å². The molecule has 0 aromatic heterocycles. The molecule has 2 aromatic rings. The number of carboxylic acids is 1. The molecule has 1 aliphatic heterocycles. The molecule has 8 heteroatoms. The number of amides is 1. The van der Waals surface area contributed by atoms with Gasteiger partial charge in [0.2, 0.25) is 6.04 Å². The first-order valence-corrected chi connectivity index (χ1v) is 12.0. The zero-order valence-corrected chi connectivity index (χ0v) is 20.3. The third-order valence-corrected chi connectivity index (χ3v) is 6.40. The van der Waals surface area contributed by atoms with Gasteiger partial charge in [-0.2, -0.15) is 0 Å². The van der Waals surface area contributed by atoms with E-state index in [9.17, 15) is 19.5 Å². The predicted molar refractivity (Wildman–Crippen MR) is 130 cm³/mol. The Morgan fingerprint density at radius 3 is 2.06 bits per heavy atom. The number of benzene rings is 2. The van der Waals surface area contributed by atoms with E-state index in [1.54, 1.807) is 20.8 Å². The Labute approximate surface area is 205 Å². The molecule has 0 radical (unpaired) electrons. The maximum atomic E-state index is 13.3.